The molecular formula is C15H21NO3. The van der Waals surface area contributed by atoms with Crippen LogP contribution < -0.4 is 5.32 Å². The van der Waals surface area contributed by atoms with Crippen LogP contribution in [0.4, 0.5) is 0 Å². The highest BCUT2D eigenvalue weighted by Gasteiger charge is 2.15. The molecule has 4 heteroatoms. The summed E-state index contributed by atoms with van der Waals surface area (Å²) in [5, 5.41) is 2.61. The Kier molecular flexibility index (Phi) is 6.06. The van der Waals surface area contributed by atoms with Gasteiger partial charge in [0.05, 0.1) is 7.11 Å². The Balaban J connectivity index is 2.39. The molecule has 0 aliphatic rings. The molecule has 0 heterocycles. The molecule has 0 bridgehead atoms. The zero-order chi connectivity index (χ0) is 14.3. The van der Waals surface area contributed by atoms with E-state index in [1.165, 1.54) is 12.7 Å². The van der Waals surface area contributed by atoms with Crippen molar-refractivity contribution < 1.29 is 14.3 Å². The summed E-state index contributed by atoms with van der Waals surface area (Å²) < 4.78 is 4.55. The maximum absolute atomic E-state index is 11.7. The van der Waals surface area contributed by atoms with Crippen LogP contribution in [0.15, 0.2) is 24.3 Å². The number of hydrogen-bond donors (Lipinski definition) is 1. The molecule has 1 aromatic rings. The second-order valence-electron chi connectivity index (χ2n) is 4.48. The lowest BCUT2D eigenvalue weighted by Gasteiger charge is -2.11. The van der Waals surface area contributed by atoms with E-state index < -0.39 is 12.0 Å². The summed E-state index contributed by atoms with van der Waals surface area (Å²) in [6.45, 7) is 3.72. The molecule has 1 amide bonds. The Morgan fingerprint density at radius 3 is 2.32 bits per heavy atom. The van der Waals surface area contributed by atoms with E-state index >= 15 is 0 Å². The highest BCUT2D eigenvalue weighted by Crippen LogP contribution is 2.07. The molecule has 1 rings (SSSR count). The Labute approximate surface area is 114 Å². The molecule has 0 spiro atoms. The maximum Gasteiger partial charge on any atom is 0.328 e. The quantitative estimate of drug-likeness (QED) is 0.797. The van der Waals surface area contributed by atoms with Crippen molar-refractivity contribution in [3.8, 4) is 0 Å². The molecule has 0 saturated heterocycles. The first-order chi connectivity index (χ1) is 9.06. The van der Waals surface area contributed by atoms with Crippen LogP contribution in [0.25, 0.3) is 0 Å². The molecule has 0 aliphatic heterocycles. The molecule has 19 heavy (non-hydrogen) atoms. The van der Waals surface area contributed by atoms with E-state index in [9.17, 15) is 9.59 Å². The maximum atomic E-state index is 11.7. The van der Waals surface area contributed by atoms with Crippen LogP contribution in [-0.4, -0.2) is 25.0 Å². The largest absolute Gasteiger partial charge is 0.467 e. The van der Waals surface area contributed by atoms with Gasteiger partial charge in [-0.25, -0.2) is 4.79 Å². The average molecular weight is 263 g/mol. The van der Waals surface area contributed by atoms with Crippen molar-refractivity contribution in [2.75, 3.05) is 7.11 Å². The van der Waals surface area contributed by atoms with Crippen molar-refractivity contribution in [3.63, 3.8) is 0 Å². The van der Waals surface area contributed by atoms with E-state index in [2.05, 4.69) is 29.1 Å². The number of carbonyl (C=O) groups excluding carboxylic acids is 2. The van der Waals surface area contributed by atoms with Crippen molar-refractivity contribution in [3.05, 3.63) is 35.4 Å². The molecule has 1 N–H and O–H groups in total. The highest BCUT2D eigenvalue weighted by atomic mass is 16.5. The van der Waals surface area contributed by atoms with E-state index in [0.717, 1.165) is 12.0 Å². The van der Waals surface area contributed by atoms with Crippen LogP contribution in [0.5, 0.6) is 0 Å². The van der Waals surface area contributed by atoms with Crippen LogP contribution in [0, 0.1) is 0 Å². The van der Waals surface area contributed by atoms with Gasteiger partial charge in [-0.3, -0.25) is 4.79 Å². The van der Waals surface area contributed by atoms with E-state index in [-0.39, 0.29) is 5.91 Å². The average Bonchev–Trinajstić information content (AvgIpc) is 2.44. The minimum Gasteiger partial charge on any atom is -0.467 e. The van der Waals surface area contributed by atoms with Crippen molar-refractivity contribution in [2.24, 2.45) is 0 Å². The summed E-state index contributed by atoms with van der Waals surface area (Å²) in [6, 6.07) is 7.63. The fraction of sp³-hybridized carbons (Fsp3) is 0.467. The van der Waals surface area contributed by atoms with Crippen LogP contribution in [0.2, 0.25) is 0 Å². The zero-order valence-electron chi connectivity index (χ0n) is 11.7. The van der Waals surface area contributed by atoms with Gasteiger partial charge in [0.1, 0.15) is 6.04 Å². The predicted octanol–water partition coefficient (Wildman–Crippen LogP) is 1.86. The minimum atomic E-state index is -0.597. The number of methoxy groups -OCH3 is 1. The molecule has 104 valence electrons. The van der Waals surface area contributed by atoms with E-state index in [0.29, 0.717) is 12.8 Å². The SMILES string of the molecule is CCc1ccc(CCC(=O)NC(C)C(=O)OC)cc1. The molecule has 1 aromatic carbocycles. The number of aryl methyl sites for hydroxylation is 2. The third-order valence-corrected chi connectivity index (χ3v) is 3.00. The normalized spacial score (nSPS) is 11.7. The van der Waals surface area contributed by atoms with Gasteiger partial charge in [0.15, 0.2) is 0 Å². The van der Waals surface area contributed by atoms with E-state index in [1.54, 1.807) is 6.92 Å². The van der Waals surface area contributed by atoms with Gasteiger partial charge in [0, 0.05) is 6.42 Å². The molecule has 0 radical (unpaired) electrons. The van der Waals surface area contributed by atoms with Crippen molar-refractivity contribution in [1.82, 2.24) is 5.32 Å². The topological polar surface area (TPSA) is 55.4 Å². The van der Waals surface area contributed by atoms with Gasteiger partial charge in [-0.1, -0.05) is 31.2 Å². The molecule has 1 atom stereocenters. The summed E-state index contributed by atoms with van der Waals surface area (Å²) in [5.74, 6) is -0.571. The number of hydrogen-bond acceptors (Lipinski definition) is 3. The fourth-order valence-corrected chi connectivity index (χ4v) is 1.75. The minimum absolute atomic E-state index is 0.141. The summed E-state index contributed by atoms with van der Waals surface area (Å²) in [6.07, 6.45) is 2.05. The Bertz CT molecular complexity index is 426. The summed E-state index contributed by atoms with van der Waals surface area (Å²) >= 11 is 0. The van der Waals surface area contributed by atoms with Crippen LogP contribution in [-0.2, 0) is 27.2 Å². The zero-order valence-corrected chi connectivity index (χ0v) is 11.7. The van der Waals surface area contributed by atoms with Crippen molar-refractivity contribution in [1.29, 1.82) is 0 Å². The summed E-state index contributed by atoms with van der Waals surface area (Å²) in [5.41, 5.74) is 2.41. The molecule has 4 nitrogen and oxygen atoms in total. The van der Waals surface area contributed by atoms with E-state index in [4.69, 9.17) is 0 Å². The second-order valence-corrected chi connectivity index (χ2v) is 4.48. The number of amides is 1. The first kappa shape index (κ1) is 15.2. The molecular weight excluding hydrogens is 242 g/mol. The van der Waals surface area contributed by atoms with Crippen molar-refractivity contribution >= 4 is 11.9 Å². The lowest BCUT2D eigenvalue weighted by molar-refractivity contribution is -0.144. The first-order valence-electron chi connectivity index (χ1n) is 6.51. The molecule has 0 saturated carbocycles. The van der Waals surface area contributed by atoms with Crippen LogP contribution in [0.1, 0.15) is 31.4 Å². The Morgan fingerprint density at radius 2 is 1.79 bits per heavy atom. The molecule has 0 aromatic heterocycles. The van der Waals surface area contributed by atoms with Gasteiger partial charge in [-0.05, 0) is 30.9 Å². The molecule has 1 unspecified atom stereocenters. The highest BCUT2D eigenvalue weighted by molar-refractivity contribution is 5.84. The number of esters is 1. The number of carbonyl (C=O) groups is 2. The molecule has 0 aliphatic carbocycles. The Morgan fingerprint density at radius 1 is 1.21 bits per heavy atom. The van der Waals surface area contributed by atoms with Gasteiger partial charge in [0.2, 0.25) is 5.91 Å². The van der Waals surface area contributed by atoms with Gasteiger partial charge < -0.3 is 10.1 Å². The van der Waals surface area contributed by atoms with Gasteiger partial charge >= 0.3 is 5.97 Å². The number of nitrogens with one attached hydrogen (secondary N) is 1. The number of ether oxygens (including phenoxy) is 1. The standard InChI is InChI=1S/C15H21NO3/c1-4-12-5-7-13(8-6-12)9-10-14(17)16-11(2)15(18)19-3/h5-8,11H,4,9-10H2,1-3H3,(H,16,17). The third-order valence-electron chi connectivity index (χ3n) is 3.00. The monoisotopic (exact) mass is 263 g/mol. The lowest BCUT2D eigenvalue weighted by Crippen LogP contribution is -2.39. The third kappa shape index (κ3) is 5.12. The van der Waals surface area contributed by atoms with Gasteiger partial charge in [0.25, 0.3) is 0 Å². The number of rotatable bonds is 6. The van der Waals surface area contributed by atoms with Crippen LogP contribution >= 0.6 is 0 Å². The lowest BCUT2D eigenvalue weighted by atomic mass is 10.1. The summed E-state index contributed by atoms with van der Waals surface area (Å²) in [7, 11) is 1.31. The van der Waals surface area contributed by atoms with Gasteiger partial charge in [-0.2, -0.15) is 0 Å². The fourth-order valence-electron chi connectivity index (χ4n) is 1.75. The van der Waals surface area contributed by atoms with Crippen LogP contribution in [0.3, 0.4) is 0 Å². The predicted molar refractivity (Wildman–Crippen MR) is 73.8 cm³/mol. The first-order valence-corrected chi connectivity index (χ1v) is 6.51. The van der Waals surface area contributed by atoms with Gasteiger partial charge in [-0.15, -0.1) is 0 Å². The smallest absolute Gasteiger partial charge is 0.328 e. The second kappa shape index (κ2) is 7.56. The molecule has 0 fully saturated rings. The summed E-state index contributed by atoms with van der Waals surface area (Å²) in [4.78, 5) is 22.8. The van der Waals surface area contributed by atoms with Crippen molar-refractivity contribution in [2.45, 2.75) is 39.2 Å². The van der Waals surface area contributed by atoms with E-state index in [1.807, 2.05) is 12.1 Å². The number of benzene rings is 1. The Hall–Kier alpha value is -1.84.